The van der Waals surface area contributed by atoms with E-state index in [4.69, 9.17) is 0 Å². The Hall–Kier alpha value is -3.65. The molecular formula is C23H23N7O. The van der Waals surface area contributed by atoms with Gasteiger partial charge in [0.05, 0.1) is 28.7 Å². The second-order valence-corrected chi connectivity index (χ2v) is 7.88. The van der Waals surface area contributed by atoms with E-state index < -0.39 is 0 Å². The Morgan fingerprint density at radius 3 is 2.71 bits per heavy atom. The van der Waals surface area contributed by atoms with Crippen LogP contribution in [0, 0.1) is 13.8 Å². The van der Waals surface area contributed by atoms with Crippen LogP contribution in [0.4, 0.5) is 0 Å². The fourth-order valence-electron chi connectivity index (χ4n) is 4.06. The van der Waals surface area contributed by atoms with Gasteiger partial charge in [0.15, 0.2) is 0 Å². The Kier molecular flexibility index (Phi) is 4.91. The van der Waals surface area contributed by atoms with E-state index in [1.807, 2.05) is 23.0 Å². The molecule has 1 aliphatic heterocycles. The third-order valence-electron chi connectivity index (χ3n) is 5.83. The van der Waals surface area contributed by atoms with E-state index in [0.717, 1.165) is 47.7 Å². The monoisotopic (exact) mass is 413 g/mol. The lowest BCUT2D eigenvalue weighted by Crippen LogP contribution is -2.35. The summed E-state index contributed by atoms with van der Waals surface area (Å²) in [5.41, 5.74) is 6.75. The first-order valence-electron chi connectivity index (χ1n) is 10.3. The average molecular weight is 413 g/mol. The Balaban J connectivity index is 1.38. The number of hydrogen-bond donors (Lipinski definition) is 1. The summed E-state index contributed by atoms with van der Waals surface area (Å²) in [5.74, 6) is 0.521. The molecule has 0 saturated carbocycles. The minimum Gasteiger partial charge on any atom is -0.306 e. The summed E-state index contributed by atoms with van der Waals surface area (Å²) in [6.07, 6.45) is 7.42. The number of benzene rings is 1. The molecule has 0 radical (unpaired) electrons. The Labute approximate surface area is 179 Å². The van der Waals surface area contributed by atoms with Gasteiger partial charge in [-0.15, -0.1) is 0 Å². The molecule has 1 N–H and O–H groups in total. The molecule has 8 nitrogen and oxygen atoms in total. The molecule has 156 valence electrons. The number of rotatable bonds is 4. The van der Waals surface area contributed by atoms with Gasteiger partial charge >= 0.3 is 0 Å². The zero-order valence-electron chi connectivity index (χ0n) is 17.5. The van der Waals surface area contributed by atoms with E-state index in [9.17, 15) is 4.79 Å². The van der Waals surface area contributed by atoms with Crippen LogP contribution in [0.1, 0.15) is 28.1 Å². The minimum atomic E-state index is -0.0964. The summed E-state index contributed by atoms with van der Waals surface area (Å²) in [6.45, 7) is 6.33. The van der Waals surface area contributed by atoms with Crippen LogP contribution < -0.4 is 5.56 Å². The molecule has 0 unspecified atom stereocenters. The maximum Gasteiger partial charge on any atom is 0.255 e. The summed E-state index contributed by atoms with van der Waals surface area (Å²) in [4.78, 5) is 30.6. The molecular weight excluding hydrogens is 390 g/mol. The standard InChI is InChI=1S/C23H23N7O/c1-15-5-3-4-6-21(15)30-16(2)18(11-26-30)12-29-8-7-20-19(13-29)23(31)28-22(27-20)17-9-24-14-25-10-17/h3-6,9-11,14H,7-8,12-13H2,1-2H3,(H,27,28,31). The highest BCUT2D eigenvalue weighted by Crippen LogP contribution is 2.22. The lowest BCUT2D eigenvalue weighted by molar-refractivity contribution is 0.241. The van der Waals surface area contributed by atoms with Crippen molar-refractivity contribution >= 4 is 0 Å². The Bertz CT molecular complexity index is 1290. The highest BCUT2D eigenvalue weighted by Gasteiger charge is 2.23. The molecule has 1 aliphatic rings. The number of aromatic amines is 1. The molecule has 8 heteroatoms. The van der Waals surface area contributed by atoms with E-state index >= 15 is 0 Å². The second kappa shape index (κ2) is 7.88. The van der Waals surface area contributed by atoms with E-state index in [0.29, 0.717) is 17.9 Å². The molecule has 31 heavy (non-hydrogen) atoms. The molecule has 0 spiro atoms. The third-order valence-corrected chi connectivity index (χ3v) is 5.83. The molecule has 0 saturated heterocycles. The maximum absolute atomic E-state index is 12.8. The lowest BCUT2D eigenvalue weighted by atomic mass is 10.1. The van der Waals surface area contributed by atoms with Gasteiger partial charge in [-0.25, -0.2) is 19.6 Å². The van der Waals surface area contributed by atoms with E-state index in [2.05, 4.69) is 55.9 Å². The van der Waals surface area contributed by atoms with Crippen LogP contribution in [0.15, 0.2) is 54.0 Å². The van der Waals surface area contributed by atoms with Crippen LogP contribution >= 0.6 is 0 Å². The van der Waals surface area contributed by atoms with Gasteiger partial charge in [0.2, 0.25) is 0 Å². The van der Waals surface area contributed by atoms with Crippen molar-refractivity contribution in [2.24, 2.45) is 0 Å². The summed E-state index contributed by atoms with van der Waals surface area (Å²) < 4.78 is 1.99. The summed E-state index contributed by atoms with van der Waals surface area (Å²) in [5, 5.41) is 4.62. The van der Waals surface area contributed by atoms with Gasteiger partial charge in [-0.2, -0.15) is 5.10 Å². The zero-order chi connectivity index (χ0) is 21.4. The molecule has 1 aromatic carbocycles. The first kappa shape index (κ1) is 19.3. The van der Waals surface area contributed by atoms with Gasteiger partial charge in [0.1, 0.15) is 12.2 Å². The zero-order valence-corrected chi connectivity index (χ0v) is 17.5. The molecule has 0 aliphatic carbocycles. The fraction of sp³-hybridized carbons (Fsp3) is 0.261. The summed E-state index contributed by atoms with van der Waals surface area (Å²) in [6, 6.07) is 8.23. The number of para-hydroxylation sites is 1. The van der Waals surface area contributed by atoms with E-state index in [-0.39, 0.29) is 5.56 Å². The number of hydrogen-bond acceptors (Lipinski definition) is 6. The normalized spacial score (nSPS) is 13.9. The van der Waals surface area contributed by atoms with Crippen LogP contribution in [0.2, 0.25) is 0 Å². The van der Waals surface area contributed by atoms with Crippen LogP contribution in [0.3, 0.4) is 0 Å². The number of nitrogens with zero attached hydrogens (tertiary/aromatic N) is 6. The van der Waals surface area contributed by atoms with Crippen LogP contribution in [0.25, 0.3) is 17.1 Å². The number of fused-ring (bicyclic) bond motifs is 1. The van der Waals surface area contributed by atoms with E-state index in [1.165, 1.54) is 11.9 Å². The molecule has 4 aromatic rings. The first-order valence-corrected chi connectivity index (χ1v) is 10.3. The van der Waals surface area contributed by atoms with Gasteiger partial charge in [0.25, 0.3) is 5.56 Å². The van der Waals surface area contributed by atoms with Crippen molar-refractivity contribution in [1.82, 2.24) is 34.6 Å². The predicted octanol–water partition coefficient (Wildman–Crippen LogP) is 2.59. The van der Waals surface area contributed by atoms with E-state index in [1.54, 1.807) is 12.4 Å². The predicted molar refractivity (Wildman–Crippen MR) is 117 cm³/mol. The molecule has 0 atom stereocenters. The van der Waals surface area contributed by atoms with Gasteiger partial charge in [-0.3, -0.25) is 9.69 Å². The molecule has 0 fully saturated rings. The molecule has 0 amide bonds. The van der Waals surface area contributed by atoms with Gasteiger partial charge in [-0.1, -0.05) is 18.2 Å². The van der Waals surface area contributed by atoms with Crippen LogP contribution in [-0.4, -0.2) is 41.2 Å². The highest BCUT2D eigenvalue weighted by molar-refractivity contribution is 5.52. The largest absolute Gasteiger partial charge is 0.306 e. The quantitative estimate of drug-likeness (QED) is 0.553. The molecule has 0 bridgehead atoms. The molecule has 3 aromatic heterocycles. The molecule has 5 rings (SSSR count). The van der Waals surface area contributed by atoms with Crippen LogP contribution in [0.5, 0.6) is 0 Å². The van der Waals surface area contributed by atoms with Crippen molar-refractivity contribution in [1.29, 1.82) is 0 Å². The first-order chi connectivity index (χ1) is 15.1. The van der Waals surface area contributed by atoms with Crippen molar-refractivity contribution in [3.05, 3.63) is 87.6 Å². The van der Waals surface area contributed by atoms with Crippen molar-refractivity contribution in [3.8, 4) is 17.1 Å². The number of H-pyrrole nitrogens is 1. The minimum absolute atomic E-state index is 0.0964. The maximum atomic E-state index is 12.8. The second-order valence-electron chi connectivity index (χ2n) is 7.88. The Morgan fingerprint density at radius 2 is 1.90 bits per heavy atom. The molecule has 4 heterocycles. The fourth-order valence-corrected chi connectivity index (χ4v) is 4.06. The number of aryl methyl sites for hydroxylation is 1. The van der Waals surface area contributed by atoms with Gasteiger partial charge < -0.3 is 4.98 Å². The Morgan fingerprint density at radius 1 is 1.10 bits per heavy atom. The van der Waals surface area contributed by atoms with Crippen molar-refractivity contribution < 1.29 is 0 Å². The third kappa shape index (κ3) is 3.66. The average Bonchev–Trinajstić information content (AvgIpc) is 3.15. The highest BCUT2D eigenvalue weighted by atomic mass is 16.1. The van der Waals surface area contributed by atoms with Crippen molar-refractivity contribution in [2.75, 3.05) is 6.54 Å². The number of aromatic nitrogens is 6. The summed E-state index contributed by atoms with van der Waals surface area (Å²) in [7, 11) is 0. The van der Waals surface area contributed by atoms with Crippen molar-refractivity contribution in [2.45, 2.75) is 33.4 Å². The smallest absolute Gasteiger partial charge is 0.255 e. The van der Waals surface area contributed by atoms with Gasteiger partial charge in [-0.05, 0) is 25.5 Å². The lowest BCUT2D eigenvalue weighted by Gasteiger charge is -2.27. The van der Waals surface area contributed by atoms with Gasteiger partial charge in [0, 0.05) is 49.7 Å². The van der Waals surface area contributed by atoms with Crippen molar-refractivity contribution in [3.63, 3.8) is 0 Å². The topological polar surface area (TPSA) is 92.6 Å². The SMILES string of the molecule is Cc1ccccc1-n1ncc(CN2CCc3nc(-c4cncnc4)[nH]c(=O)c3C2)c1C. The van der Waals surface area contributed by atoms with Crippen LogP contribution in [-0.2, 0) is 19.5 Å². The summed E-state index contributed by atoms with van der Waals surface area (Å²) >= 11 is 0. The number of nitrogens with one attached hydrogen (secondary N) is 1.